The first-order valence-electron chi connectivity index (χ1n) is 5.28. The Morgan fingerprint density at radius 1 is 1.46 bits per heavy atom. The van der Waals surface area contributed by atoms with Crippen LogP contribution in [0.2, 0.25) is 0 Å². The monoisotopic (exact) mass is 201 g/mol. The van der Waals surface area contributed by atoms with Crippen LogP contribution in [0.3, 0.4) is 0 Å². The molecule has 1 unspecified atom stereocenters. The zero-order chi connectivity index (χ0) is 9.15. The highest BCUT2D eigenvalue weighted by molar-refractivity contribution is 7.99. The lowest BCUT2D eigenvalue weighted by Crippen LogP contribution is -2.55. The molecule has 2 N–H and O–H groups in total. The number of thioether (sulfide) groups is 1. The molecule has 1 heterocycles. The van der Waals surface area contributed by atoms with Gasteiger partial charge in [0, 0.05) is 5.54 Å². The van der Waals surface area contributed by atoms with Crippen molar-refractivity contribution in [2.75, 3.05) is 24.7 Å². The molecule has 0 radical (unpaired) electrons. The average Bonchev–Trinajstić information content (AvgIpc) is 2.56. The summed E-state index contributed by atoms with van der Waals surface area (Å²) in [6, 6.07) is 0. The molecule has 2 nitrogen and oxygen atoms in total. The SMILES string of the molecule is OCC1(NCC2CCSC2)CCC1. The average molecular weight is 201 g/mol. The quantitative estimate of drug-likeness (QED) is 0.718. The zero-order valence-electron chi connectivity index (χ0n) is 8.09. The van der Waals surface area contributed by atoms with Gasteiger partial charge in [-0.05, 0) is 49.7 Å². The minimum absolute atomic E-state index is 0.118. The Bertz CT molecular complexity index is 159. The first-order chi connectivity index (χ1) is 6.35. The fourth-order valence-electron chi connectivity index (χ4n) is 2.10. The highest BCUT2D eigenvalue weighted by atomic mass is 32.2. The summed E-state index contributed by atoms with van der Waals surface area (Å²) < 4.78 is 0. The second-order valence-electron chi connectivity index (χ2n) is 4.40. The smallest absolute Gasteiger partial charge is 0.0613 e. The predicted molar refractivity (Wildman–Crippen MR) is 57.1 cm³/mol. The topological polar surface area (TPSA) is 32.3 Å². The summed E-state index contributed by atoms with van der Waals surface area (Å²) in [5.74, 6) is 3.50. The van der Waals surface area contributed by atoms with Crippen LogP contribution in [0.15, 0.2) is 0 Å². The maximum atomic E-state index is 9.24. The molecule has 0 aromatic carbocycles. The number of rotatable bonds is 4. The van der Waals surface area contributed by atoms with E-state index in [2.05, 4.69) is 17.1 Å². The van der Waals surface area contributed by atoms with Gasteiger partial charge in [0.2, 0.25) is 0 Å². The molecule has 0 aromatic rings. The molecular formula is C10H19NOS. The van der Waals surface area contributed by atoms with E-state index in [-0.39, 0.29) is 5.54 Å². The van der Waals surface area contributed by atoms with E-state index in [4.69, 9.17) is 0 Å². The first-order valence-corrected chi connectivity index (χ1v) is 6.44. The van der Waals surface area contributed by atoms with Crippen LogP contribution in [0.4, 0.5) is 0 Å². The van der Waals surface area contributed by atoms with Gasteiger partial charge in [-0.1, -0.05) is 0 Å². The number of aliphatic hydroxyl groups is 1. The summed E-state index contributed by atoms with van der Waals surface area (Å²) in [5, 5.41) is 12.8. The van der Waals surface area contributed by atoms with Crippen molar-refractivity contribution >= 4 is 11.8 Å². The van der Waals surface area contributed by atoms with Crippen LogP contribution in [0.25, 0.3) is 0 Å². The zero-order valence-corrected chi connectivity index (χ0v) is 8.91. The Morgan fingerprint density at radius 3 is 2.77 bits per heavy atom. The van der Waals surface area contributed by atoms with E-state index in [9.17, 15) is 5.11 Å². The third kappa shape index (κ3) is 2.20. The third-order valence-corrected chi connectivity index (χ3v) is 4.63. The van der Waals surface area contributed by atoms with E-state index in [1.165, 1.54) is 37.2 Å². The van der Waals surface area contributed by atoms with E-state index >= 15 is 0 Å². The summed E-state index contributed by atoms with van der Waals surface area (Å²) in [6.45, 7) is 1.44. The molecule has 1 aliphatic carbocycles. The predicted octanol–water partition coefficient (Wildman–Crippen LogP) is 1.24. The summed E-state index contributed by atoms with van der Waals surface area (Å²) in [7, 11) is 0. The number of hydrogen-bond donors (Lipinski definition) is 2. The lowest BCUT2D eigenvalue weighted by atomic mass is 9.77. The highest BCUT2D eigenvalue weighted by Crippen LogP contribution is 2.32. The molecule has 1 atom stereocenters. The van der Waals surface area contributed by atoms with Crippen LogP contribution in [0, 0.1) is 5.92 Å². The Hall–Kier alpha value is 0.270. The second-order valence-corrected chi connectivity index (χ2v) is 5.55. The third-order valence-electron chi connectivity index (χ3n) is 3.40. The molecule has 1 aliphatic heterocycles. The van der Waals surface area contributed by atoms with E-state index in [1.54, 1.807) is 0 Å². The van der Waals surface area contributed by atoms with E-state index < -0.39 is 0 Å². The summed E-state index contributed by atoms with van der Waals surface area (Å²) >= 11 is 2.06. The molecule has 0 aromatic heterocycles. The summed E-state index contributed by atoms with van der Waals surface area (Å²) in [6.07, 6.45) is 4.98. The number of aliphatic hydroxyl groups excluding tert-OH is 1. The molecule has 13 heavy (non-hydrogen) atoms. The molecule has 1 saturated heterocycles. The summed E-state index contributed by atoms with van der Waals surface area (Å²) in [4.78, 5) is 0. The van der Waals surface area contributed by atoms with Crippen molar-refractivity contribution in [3.05, 3.63) is 0 Å². The maximum absolute atomic E-state index is 9.24. The Kier molecular flexibility index (Phi) is 3.17. The minimum atomic E-state index is 0.118. The normalized spacial score (nSPS) is 31.6. The Labute approximate surface area is 84.5 Å². The molecule has 3 heteroatoms. The van der Waals surface area contributed by atoms with Crippen molar-refractivity contribution in [2.45, 2.75) is 31.2 Å². The van der Waals surface area contributed by atoms with E-state index in [1.807, 2.05) is 0 Å². The molecule has 0 spiro atoms. The van der Waals surface area contributed by atoms with E-state index in [0.29, 0.717) is 6.61 Å². The molecule has 0 bridgehead atoms. The lowest BCUT2D eigenvalue weighted by molar-refractivity contribution is 0.0855. The van der Waals surface area contributed by atoms with Gasteiger partial charge in [0.1, 0.15) is 0 Å². The second kappa shape index (κ2) is 4.20. The van der Waals surface area contributed by atoms with Crippen molar-refractivity contribution in [2.24, 2.45) is 5.92 Å². The van der Waals surface area contributed by atoms with E-state index in [0.717, 1.165) is 12.5 Å². The van der Waals surface area contributed by atoms with Gasteiger partial charge in [-0.3, -0.25) is 0 Å². The molecule has 2 rings (SSSR count). The highest BCUT2D eigenvalue weighted by Gasteiger charge is 2.36. The van der Waals surface area contributed by atoms with Gasteiger partial charge in [0.25, 0.3) is 0 Å². The van der Waals surface area contributed by atoms with Crippen LogP contribution >= 0.6 is 11.8 Å². The van der Waals surface area contributed by atoms with Crippen LogP contribution < -0.4 is 5.32 Å². The minimum Gasteiger partial charge on any atom is -0.394 e. The number of nitrogens with one attached hydrogen (secondary N) is 1. The van der Waals surface area contributed by atoms with Crippen molar-refractivity contribution in [3.63, 3.8) is 0 Å². The van der Waals surface area contributed by atoms with Gasteiger partial charge in [0.15, 0.2) is 0 Å². The van der Waals surface area contributed by atoms with Crippen molar-refractivity contribution in [3.8, 4) is 0 Å². The molecule has 0 amide bonds. The van der Waals surface area contributed by atoms with Crippen molar-refractivity contribution in [1.29, 1.82) is 0 Å². The molecule has 76 valence electrons. The largest absolute Gasteiger partial charge is 0.394 e. The van der Waals surface area contributed by atoms with Gasteiger partial charge >= 0.3 is 0 Å². The first kappa shape index (κ1) is 9.81. The molecule has 2 aliphatic rings. The lowest BCUT2D eigenvalue weighted by Gasteiger charge is -2.42. The molecule has 2 fully saturated rings. The summed E-state index contributed by atoms with van der Waals surface area (Å²) in [5.41, 5.74) is 0.118. The van der Waals surface area contributed by atoms with Gasteiger partial charge in [-0.25, -0.2) is 0 Å². The van der Waals surface area contributed by atoms with Crippen LogP contribution in [-0.4, -0.2) is 35.3 Å². The van der Waals surface area contributed by atoms with Gasteiger partial charge < -0.3 is 10.4 Å². The Morgan fingerprint density at radius 2 is 2.31 bits per heavy atom. The fourth-order valence-corrected chi connectivity index (χ4v) is 3.38. The standard InChI is InChI=1S/C10H19NOS/c12-8-10(3-1-4-10)11-6-9-2-5-13-7-9/h9,11-12H,1-8H2. The van der Waals surface area contributed by atoms with Crippen molar-refractivity contribution < 1.29 is 5.11 Å². The molecular weight excluding hydrogens is 182 g/mol. The van der Waals surface area contributed by atoms with Gasteiger partial charge in [-0.2, -0.15) is 11.8 Å². The molecule has 1 saturated carbocycles. The fraction of sp³-hybridized carbons (Fsp3) is 1.00. The van der Waals surface area contributed by atoms with Crippen LogP contribution in [0.1, 0.15) is 25.7 Å². The van der Waals surface area contributed by atoms with Crippen molar-refractivity contribution in [1.82, 2.24) is 5.32 Å². The number of hydrogen-bond acceptors (Lipinski definition) is 3. The van der Waals surface area contributed by atoms with Gasteiger partial charge in [-0.15, -0.1) is 0 Å². The van der Waals surface area contributed by atoms with Crippen LogP contribution in [0.5, 0.6) is 0 Å². The van der Waals surface area contributed by atoms with Crippen LogP contribution in [-0.2, 0) is 0 Å². The Balaban J connectivity index is 1.71. The van der Waals surface area contributed by atoms with Gasteiger partial charge in [0.05, 0.1) is 6.61 Å². The maximum Gasteiger partial charge on any atom is 0.0613 e.